The number of nitrogens with one attached hydrogen (secondary N) is 2. The minimum absolute atomic E-state index is 0.108. The number of aryl methyl sites for hydroxylation is 1. The highest BCUT2D eigenvalue weighted by Crippen LogP contribution is 2.22. The number of nitrogens with two attached hydrogens (primary N) is 1. The predicted molar refractivity (Wildman–Crippen MR) is 99.7 cm³/mol. The molecule has 2 aromatic rings. The van der Waals surface area contributed by atoms with Crippen LogP contribution in [-0.2, 0) is 19.6 Å². The second-order valence-corrected chi connectivity index (χ2v) is 7.32. The molecule has 0 aromatic heterocycles. The number of primary sulfonamides is 1. The van der Waals surface area contributed by atoms with Gasteiger partial charge < -0.3 is 10.1 Å². The van der Waals surface area contributed by atoms with E-state index in [-0.39, 0.29) is 10.5 Å². The van der Waals surface area contributed by atoms with Gasteiger partial charge >= 0.3 is 12.0 Å². The summed E-state index contributed by atoms with van der Waals surface area (Å²) >= 11 is 0. The van der Waals surface area contributed by atoms with Gasteiger partial charge in [-0.3, -0.25) is 10.1 Å². The molecule has 0 fully saturated rings. The molecule has 1 atom stereocenters. The van der Waals surface area contributed by atoms with Crippen molar-refractivity contribution in [3.63, 3.8) is 0 Å². The van der Waals surface area contributed by atoms with Crippen LogP contribution in [0.4, 0.5) is 4.79 Å². The number of urea groups is 1. The quantitative estimate of drug-likeness (QED) is 0.633. The van der Waals surface area contributed by atoms with Crippen LogP contribution in [0.2, 0.25) is 0 Å². The maximum absolute atomic E-state index is 12.5. The number of benzene rings is 2. The normalized spacial score (nSPS) is 12.0. The molecule has 0 aliphatic heterocycles. The Labute approximate surface area is 161 Å². The van der Waals surface area contributed by atoms with Gasteiger partial charge in [0.15, 0.2) is 0 Å². The first-order valence-electron chi connectivity index (χ1n) is 8.05. The van der Waals surface area contributed by atoms with E-state index in [4.69, 9.17) is 9.88 Å². The molecular weight excluding hydrogens is 386 g/mol. The summed E-state index contributed by atoms with van der Waals surface area (Å²) in [5.41, 5.74) is 0.579. The molecule has 0 spiro atoms. The summed E-state index contributed by atoms with van der Waals surface area (Å²) in [6, 6.07) is 11.1. The number of sulfonamides is 1. The number of rotatable bonds is 5. The Kier molecular flexibility index (Phi) is 6.49. The average molecular weight is 405 g/mol. The van der Waals surface area contributed by atoms with Crippen LogP contribution < -0.4 is 15.8 Å². The Morgan fingerprint density at radius 2 is 1.71 bits per heavy atom. The van der Waals surface area contributed by atoms with Gasteiger partial charge in [0.25, 0.3) is 5.91 Å². The van der Waals surface area contributed by atoms with Crippen LogP contribution in [0.5, 0.6) is 0 Å². The third-order valence-corrected chi connectivity index (χ3v) is 4.81. The van der Waals surface area contributed by atoms with Crippen molar-refractivity contribution in [2.75, 3.05) is 7.05 Å². The fourth-order valence-corrected chi connectivity index (χ4v) is 3.16. The SMILES string of the molecule is CNC(=O)NC(=O)C(OC(=O)c1ccc(C)c(S(N)(=O)=O)c1)c1ccccc1. The number of imide groups is 1. The Morgan fingerprint density at radius 3 is 2.29 bits per heavy atom. The van der Waals surface area contributed by atoms with E-state index >= 15 is 0 Å². The summed E-state index contributed by atoms with van der Waals surface area (Å²) in [7, 11) is -2.72. The van der Waals surface area contributed by atoms with Crippen LogP contribution in [0.15, 0.2) is 53.4 Å². The number of hydrogen-bond acceptors (Lipinski definition) is 6. The number of carbonyl (C=O) groups excluding carboxylic acids is 3. The van der Waals surface area contributed by atoms with Crippen LogP contribution in [0.25, 0.3) is 0 Å². The van der Waals surface area contributed by atoms with Gasteiger partial charge in [-0.1, -0.05) is 36.4 Å². The van der Waals surface area contributed by atoms with E-state index in [2.05, 4.69) is 5.32 Å². The summed E-state index contributed by atoms with van der Waals surface area (Å²) in [5.74, 6) is -1.82. The van der Waals surface area contributed by atoms with Crippen molar-refractivity contribution in [2.24, 2.45) is 5.14 Å². The van der Waals surface area contributed by atoms with Crippen molar-refractivity contribution in [1.29, 1.82) is 0 Å². The van der Waals surface area contributed by atoms with Gasteiger partial charge in [0, 0.05) is 12.6 Å². The molecule has 3 amide bonds. The highest BCUT2D eigenvalue weighted by Gasteiger charge is 2.27. The van der Waals surface area contributed by atoms with Crippen molar-refractivity contribution in [3.8, 4) is 0 Å². The average Bonchev–Trinajstić information content (AvgIpc) is 2.65. The zero-order chi connectivity index (χ0) is 20.9. The lowest BCUT2D eigenvalue weighted by Gasteiger charge is -2.18. The lowest BCUT2D eigenvalue weighted by Crippen LogP contribution is -2.41. The van der Waals surface area contributed by atoms with Crippen molar-refractivity contribution in [2.45, 2.75) is 17.9 Å². The minimum atomic E-state index is -4.05. The molecule has 148 valence electrons. The van der Waals surface area contributed by atoms with E-state index in [1.807, 2.05) is 5.32 Å². The first kappa shape index (κ1) is 21.1. The van der Waals surface area contributed by atoms with Gasteiger partial charge in [-0.15, -0.1) is 0 Å². The van der Waals surface area contributed by atoms with Crippen molar-refractivity contribution < 1.29 is 27.5 Å². The van der Waals surface area contributed by atoms with E-state index in [1.165, 1.54) is 26.1 Å². The molecule has 2 rings (SSSR count). The number of amides is 3. The van der Waals surface area contributed by atoms with E-state index in [0.717, 1.165) is 6.07 Å². The molecule has 1 unspecified atom stereocenters. The summed E-state index contributed by atoms with van der Waals surface area (Å²) < 4.78 is 28.6. The van der Waals surface area contributed by atoms with Crippen LogP contribution in [0, 0.1) is 6.92 Å². The number of esters is 1. The Morgan fingerprint density at radius 1 is 1.07 bits per heavy atom. The smallest absolute Gasteiger partial charge is 0.339 e. The molecule has 28 heavy (non-hydrogen) atoms. The highest BCUT2D eigenvalue weighted by atomic mass is 32.2. The Bertz CT molecular complexity index is 1010. The summed E-state index contributed by atoms with van der Waals surface area (Å²) in [4.78, 5) is 36.1. The van der Waals surface area contributed by atoms with E-state index in [9.17, 15) is 22.8 Å². The largest absolute Gasteiger partial charge is 0.444 e. The van der Waals surface area contributed by atoms with Gasteiger partial charge in [-0.05, 0) is 24.6 Å². The molecule has 9 nitrogen and oxygen atoms in total. The summed E-state index contributed by atoms with van der Waals surface area (Å²) in [6.45, 7) is 1.53. The van der Waals surface area contributed by atoms with Crippen molar-refractivity contribution >= 4 is 27.9 Å². The molecule has 0 aliphatic carbocycles. The zero-order valence-electron chi connectivity index (χ0n) is 15.1. The Balaban J connectivity index is 2.35. The third kappa shape index (κ3) is 5.15. The standard InChI is InChI=1S/C18H19N3O6S/c1-11-8-9-13(10-14(11)28(19,25)26)17(23)27-15(12-6-4-3-5-7-12)16(22)21-18(24)20-2/h3-10,15H,1-2H3,(H2,19,25,26)(H2,20,21,22,24). The molecule has 0 saturated heterocycles. The molecule has 2 aromatic carbocycles. The van der Waals surface area contributed by atoms with Gasteiger partial charge in [-0.2, -0.15) is 0 Å². The molecule has 0 bridgehead atoms. The summed E-state index contributed by atoms with van der Waals surface area (Å²) in [5, 5.41) is 9.42. The molecule has 0 saturated carbocycles. The van der Waals surface area contributed by atoms with Gasteiger partial charge in [0.1, 0.15) is 0 Å². The van der Waals surface area contributed by atoms with Gasteiger partial charge in [-0.25, -0.2) is 23.1 Å². The second-order valence-electron chi connectivity index (χ2n) is 5.79. The van der Waals surface area contributed by atoms with Gasteiger partial charge in [0.05, 0.1) is 10.5 Å². The number of hydrogen-bond donors (Lipinski definition) is 3. The van der Waals surface area contributed by atoms with Crippen LogP contribution in [-0.4, -0.2) is 33.4 Å². The monoisotopic (exact) mass is 405 g/mol. The number of carbonyl (C=O) groups is 3. The lowest BCUT2D eigenvalue weighted by atomic mass is 10.1. The Hall–Kier alpha value is -3.24. The highest BCUT2D eigenvalue weighted by molar-refractivity contribution is 7.89. The van der Waals surface area contributed by atoms with E-state index in [0.29, 0.717) is 11.1 Å². The van der Waals surface area contributed by atoms with E-state index < -0.39 is 34.0 Å². The van der Waals surface area contributed by atoms with Crippen LogP contribution in [0.3, 0.4) is 0 Å². The first-order chi connectivity index (χ1) is 13.1. The van der Waals surface area contributed by atoms with Crippen LogP contribution in [0.1, 0.15) is 27.6 Å². The molecule has 0 aliphatic rings. The lowest BCUT2D eigenvalue weighted by molar-refractivity contribution is -0.129. The number of ether oxygens (including phenoxy) is 1. The fourth-order valence-electron chi connectivity index (χ4n) is 2.35. The summed E-state index contributed by atoms with van der Waals surface area (Å²) in [6.07, 6.45) is -1.43. The molecular formula is C18H19N3O6S. The van der Waals surface area contributed by atoms with E-state index in [1.54, 1.807) is 30.3 Å². The topological polar surface area (TPSA) is 145 Å². The van der Waals surface area contributed by atoms with Crippen molar-refractivity contribution in [3.05, 3.63) is 65.2 Å². The van der Waals surface area contributed by atoms with Crippen molar-refractivity contribution in [1.82, 2.24) is 10.6 Å². The minimum Gasteiger partial charge on any atom is -0.444 e. The molecule has 10 heteroatoms. The van der Waals surface area contributed by atoms with Gasteiger partial charge in [0.2, 0.25) is 16.1 Å². The second kappa shape index (κ2) is 8.63. The third-order valence-electron chi connectivity index (χ3n) is 3.76. The first-order valence-corrected chi connectivity index (χ1v) is 9.60. The maximum atomic E-state index is 12.5. The van der Waals surface area contributed by atoms with Crippen LogP contribution >= 0.6 is 0 Å². The zero-order valence-corrected chi connectivity index (χ0v) is 15.9. The maximum Gasteiger partial charge on any atom is 0.339 e. The fraction of sp³-hybridized carbons (Fsp3) is 0.167. The molecule has 4 N–H and O–H groups in total. The molecule has 0 heterocycles. The predicted octanol–water partition coefficient (Wildman–Crippen LogP) is 0.996. The molecule has 0 radical (unpaired) electrons.